The molecule has 86 valence electrons. The quantitative estimate of drug-likeness (QED) is 0.802. The van der Waals surface area contributed by atoms with Crippen LogP contribution in [-0.4, -0.2) is 17.6 Å². The van der Waals surface area contributed by atoms with Gasteiger partial charge in [0, 0.05) is 0 Å². The number of carboxylic acid groups (broad SMARTS) is 1. The van der Waals surface area contributed by atoms with Crippen LogP contribution in [0.5, 0.6) is 0 Å². The highest BCUT2D eigenvalue weighted by Crippen LogP contribution is 2.28. The lowest BCUT2D eigenvalue weighted by Crippen LogP contribution is -2.30. The second kappa shape index (κ2) is 4.61. The highest BCUT2D eigenvalue weighted by atomic mass is 19.1. The molecule has 1 aliphatic rings. The van der Waals surface area contributed by atoms with Gasteiger partial charge in [-0.2, -0.15) is 0 Å². The van der Waals surface area contributed by atoms with Gasteiger partial charge in [0.15, 0.2) is 0 Å². The maximum atomic E-state index is 12.7. The molecule has 1 aliphatic carbocycles. The minimum atomic E-state index is -0.924. The van der Waals surface area contributed by atoms with Gasteiger partial charge in [0.2, 0.25) is 0 Å². The molecule has 3 nitrogen and oxygen atoms in total. The van der Waals surface area contributed by atoms with E-state index in [4.69, 9.17) is 5.11 Å². The Morgan fingerprint density at radius 2 is 2.06 bits per heavy atom. The molecule has 2 rings (SSSR count). The van der Waals surface area contributed by atoms with Gasteiger partial charge < -0.3 is 10.4 Å². The van der Waals surface area contributed by atoms with Crippen LogP contribution in [0, 0.1) is 11.7 Å². The summed E-state index contributed by atoms with van der Waals surface area (Å²) < 4.78 is 12.7. The highest BCUT2D eigenvalue weighted by Gasteiger charge is 2.25. The van der Waals surface area contributed by atoms with Gasteiger partial charge in [-0.1, -0.05) is 12.1 Å². The van der Waals surface area contributed by atoms with Crippen LogP contribution >= 0.6 is 0 Å². The van der Waals surface area contributed by atoms with Crippen molar-refractivity contribution in [3.8, 4) is 0 Å². The van der Waals surface area contributed by atoms with E-state index in [0.717, 1.165) is 0 Å². The summed E-state index contributed by atoms with van der Waals surface area (Å²) >= 11 is 0. The summed E-state index contributed by atoms with van der Waals surface area (Å²) in [5.74, 6) is -0.662. The number of aliphatic carboxylic acids is 1. The number of carbonyl (C=O) groups is 1. The molecule has 0 aliphatic heterocycles. The Balaban J connectivity index is 2.04. The summed E-state index contributed by atoms with van der Waals surface area (Å²) in [6.45, 7) is 0.717. The predicted molar refractivity (Wildman–Crippen MR) is 57.5 cm³/mol. The second-order valence-electron chi connectivity index (χ2n) is 4.17. The van der Waals surface area contributed by atoms with Crippen molar-refractivity contribution in [3.05, 3.63) is 35.6 Å². The standard InChI is InChI=1S/C12H14FNO2/c13-10-5-3-9(4-6-10)11(12(15)16)14-7-8-1-2-8/h3-6,8,11,14H,1-2,7H2,(H,15,16). The molecule has 0 saturated heterocycles. The van der Waals surface area contributed by atoms with E-state index < -0.39 is 12.0 Å². The van der Waals surface area contributed by atoms with Crippen LogP contribution in [-0.2, 0) is 4.79 Å². The van der Waals surface area contributed by atoms with Crippen LogP contribution in [0.1, 0.15) is 24.4 Å². The molecule has 1 aromatic carbocycles. The van der Waals surface area contributed by atoms with Gasteiger partial charge in [-0.05, 0) is 43.0 Å². The Morgan fingerprint density at radius 3 is 2.56 bits per heavy atom. The van der Waals surface area contributed by atoms with Crippen molar-refractivity contribution in [2.24, 2.45) is 5.92 Å². The Hall–Kier alpha value is -1.42. The zero-order chi connectivity index (χ0) is 11.5. The average Bonchev–Trinajstić information content (AvgIpc) is 3.04. The molecule has 0 bridgehead atoms. The number of benzene rings is 1. The molecule has 0 amide bonds. The van der Waals surface area contributed by atoms with Crippen LogP contribution in [0.2, 0.25) is 0 Å². The van der Waals surface area contributed by atoms with Gasteiger partial charge in [-0.3, -0.25) is 4.79 Å². The molecule has 0 spiro atoms. The lowest BCUT2D eigenvalue weighted by molar-refractivity contribution is -0.139. The number of hydrogen-bond donors (Lipinski definition) is 2. The van der Waals surface area contributed by atoms with Gasteiger partial charge in [-0.15, -0.1) is 0 Å². The summed E-state index contributed by atoms with van der Waals surface area (Å²) in [5.41, 5.74) is 0.592. The molecule has 1 aromatic rings. The molecule has 1 unspecified atom stereocenters. The minimum Gasteiger partial charge on any atom is -0.480 e. The Bertz CT molecular complexity index is 373. The van der Waals surface area contributed by atoms with E-state index in [1.54, 1.807) is 0 Å². The zero-order valence-corrected chi connectivity index (χ0v) is 8.82. The Kier molecular flexibility index (Phi) is 3.19. The van der Waals surface area contributed by atoms with Crippen LogP contribution < -0.4 is 5.32 Å². The van der Waals surface area contributed by atoms with Crippen LogP contribution in [0.25, 0.3) is 0 Å². The fourth-order valence-electron chi connectivity index (χ4n) is 1.61. The second-order valence-corrected chi connectivity index (χ2v) is 4.17. The molecule has 4 heteroatoms. The molecule has 16 heavy (non-hydrogen) atoms. The maximum absolute atomic E-state index is 12.7. The summed E-state index contributed by atoms with van der Waals surface area (Å²) in [7, 11) is 0. The summed E-state index contributed by atoms with van der Waals surface area (Å²) in [5, 5.41) is 12.1. The minimum absolute atomic E-state index is 0.352. The number of nitrogens with one attached hydrogen (secondary N) is 1. The SMILES string of the molecule is O=C(O)C(NCC1CC1)c1ccc(F)cc1. The number of carboxylic acids is 1. The first-order valence-corrected chi connectivity index (χ1v) is 5.38. The predicted octanol–water partition coefficient (Wildman–Crippen LogP) is 1.95. The molecule has 0 aromatic heterocycles. The molecule has 0 heterocycles. The van der Waals surface area contributed by atoms with E-state index >= 15 is 0 Å². The van der Waals surface area contributed by atoms with Crippen molar-refractivity contribution >= 4 is 5.97 Å². The fraction of sp³-hybridized carbons (Fsp3) is 0.417. The van der Waals surface area contributed by atoms with Gasteiger partial charge in [-0.25, -0.2) is 4.39 Å². The molecule has 0 radical (unpaired) electrons. The Labute approximate surface area is 93.3 Å². The van der Waals surface area contributed by atoms with Gasteiger partial charge >= 0.3 is 5.97 Å². The molecule has 1 saturated carbocycles. The largest absolute Gasteiger partial charge is 0.480 e. The topological polar surface area (TPSA) is 49.3 Å². The fourth-order valence-corrected chi connectivity index (χ4v) is 1.61. The first kappa shape index (κ1) is 11.1. The van der Waals surface area contributed by atoms with Crippen molar-refractivity contribution in [2.45, 2.75) is 18.9 Å². The summed E-state index contributed by atoms with van der Waals surface area (Å²) in [6, 6.07) is 4.84. The van der Waals surface area contributed by atoms with Gasteiger partial charge in [0.05, 0.1) is 0 Å². The Morgan fingerprint density at radius 1 is 1.44 bits per heavy atom. The summed E-state index contributed by atoms with van der Waals surface area (Å²) in [4.78, 5) is 11.1. The van der Waals surface area contributed by atoms with Crippen LogP contribution in [0.15, 0.2) is 24.3 Å². The van der Waals surface area contributed by atoms with E-state index in [1.165, 1.54) is 37.1 Å². The third-order valence-corrected chi connectivity index (χ3v) is 2.76. The lowest BCUT2D eigenvalue weighted by Gasteiger charge is -2.14. The monoisotopic (exact) mass is 223 g/mol. The van der Waals surface area contributed by atoms with Crippen molar-refractivity contribution < 1.29 is 14.3 Å². The normalized spacial score (nSPS) is 17.1. The molecular weight excluding hydrogens is 209 g/mol. The number of rotatable bonds is 5. The number of hydrogen-bond acceptors (Lipinski definition) is 2. The first-order chi connectivity index (χ1) is 7.66. The van der Waals surface area contributed by atoms with Crippen LogP contribution in [0.3, 0.4) is 0 Å². The van der Waals surface area contributed by atoms with Crippen molar-refractivity contribution in [3.63, 3.8) is 0 Å². The maximum Gasteiger partial charge on any atom is 0.325 e. The van der Waals surface area contributed by atoms with Crippen molar-refractivity contribution in [2.75, 3.05) is 6.54 Å². The van der Waals surface area contributed by atoms with E-state index in [2.05, 4.69) is 5.32 Å². The third-order valence-electron chi connectivity index (χ3n) is 2.76. The lowest BCUT2D eigenvalue weighted by atomic mass is 10.1. The smallest absolute Gasteiger partial charge is 0.325 e. The molecule has 1 atom stereocenters. The van der Waals surface area contributed by atoms with E-state index in [-0.39, 0.29) is 5.82 Å². The van der Waals surface area contributed by atoms with Gasteiger partial charge in [0.1, 0.15) is 11.9 Å². The average molecular weight is 223 g/mol. The summed E-state index contributed by atoms with van der Waals surface area (Å²) in [6.07, 6.45) is 2.34. The third kappa shape index (κ3) is 2.79. The van der Waals surface area contributed by atoms with E-state index in [0.29, 0.717) is 18.0 Å². The van der Waals surface area contributed by atoms with E-state index in [1.807, 2.05) is 0 Å². The first-order valence-electron chi connectivity index (χ1n) is 5.38. The number of halogens is 1. The molecule has 1 fully saturated rings. The van der Waals surface area contributed by atoms with E-state index in [9.17, 15) is 9.18 Å². The molecule has 2 N–H and O–H groups in total. The zero-order valence-electron chi connectivity index (χ0n) is 8.82. The van der Waals surface area contributed by atoms with Crippen molar-refractivity contribution in [1.29, 1.82) is 0 Å². The van der Waals surface area contributed by atoms with Crippen molar-refractivity contribution in [1.82, 2.24) is 5.32 Å². The van der Waals surface area contributed by atoms with Crippen LogP contribution in [0.4, 0.5) is 4.39 Å². The van der Waals surface area contributed by atoms with Gasteiger partial charge in [0.25, 0.3) is 0 Å². The highest BCUT2D eigenvalue weighted by molar-refractivity contribution is 5.75. The molecular formula is C12H14FNO2.